The van der Waals surface area contributed by atoms with Crippen molar-refractivity contribution in [1.82, 2.24) is 14.9 Å². The Hall–Kier alpha value is -1.86. The summed E-state index contributed by atoms with van der Waals surface area (Å²) in [6.45, 7) is 2.05. The van der Waals surface area contributed by atoms with Crippen molar-refractivity contribution < 1.29 is 0 Å². The Morgan fingerprint density at radius 3 is 2.83 bits per heavy atom. The minimum Gasteiger partial charge on any atom is -0.345 e. The molecule has 94 valence electrons. The normalized spacial score (nSPS) is 14.6. The molecule has 2 rings (SSSR count). The summed E-state index contributed by atoms with van der Waals surface area (Å²) in [5, 5.41) is 9.28. The third-order valence-corrected chi connectivity index (χ3v) is 3.33. The topological polar surface area (TPSA) is 55.7 Å². The van der Waals surface area contributed by atoms with Crippen molar-refractivity contribution in [2.45, 2.75) is 19.4 Å². The van der Waals surface area contributed by atoms with E-state index in [9.17, 15) is 5.26 Å². The Morgan fingerprint density at radius 2 is 2.22 bits per heavy atom. The van der Waals surface area contributed by atoms with E-state index < -0.39 is 0 Å². The van der Waals surface area contributed by atoms with Gasteiger partial charge in [0.05, 0.1) is 35.4 Å². The van der Waals surface area contributed by atoms with E-state index >= 15 is 0 Å². The third-order valence-electron chi connectivity index (χ3n) is 3.33. The minimum atomic E-state index is 0.000344. The van der Waals surface area contributed by atoms with Crippen molar-refractivity contribution in [3.05, 3.63) is 30.1 Å². The molecule has 2 unspecified atom stereocenters. The van der Waals surface area contributed by atoms with Crippen LogP contribution in [-0.4, -0.2) is 29.0 Å². The number of benzene rings is 1. The molecule has 0 amide bonds. The number of nitrogens with one attached hydrogen (secondary N) is 1. The fourth-order valence-electron chi connectivity index (χ4n) is 2.41. The van der Waals surface area contributed by atoms with Crippen molar-refractivity contribution in [2.75, 3.05) is 14.1 Å². The largest absolute Gasteiger partial charge is 0.345 e. The van der Waals surface area contributed by atoms with Crippen LogP contribution in [-0.2, 0) is 0 Å². The second kappa shape index (κ2) is 5.19. The molecule has 4 nitrogen and oxygen atoms in total. The Kier molecular flexibility index (Phi) is 3.63. The number of hydrogen-bond acceptors (Lipinski definition) is 3. The van der Waals surface area contributed by atoms with Crippen LogP contribution in [0, 0.1) is 17.2 Å². The van der Waals surface area contributed by atoms with Gasteiger partial charge in [-0.15, -0.1) is 0 Å². The van der Waals surface area contributed by atoms with E-state index in [1.165, 1.54) is 0 Å². The number of imidazole rings is 1. The molecule has 0 saturated carbocycles. The number of nitrogens with zero attached hydrogens (tertiary/aromatic N) is 3. The van der Waals surface area contributed by atoms with Crippen LogP contribution in [0.2, 0.25) is 0 Å². The molecule has 0 aliphatic heterocycles. The summed E-state index contributed by atoms with van der Waals surface area (Å²) < 4.78 is 0. The number of H-pyrrole nitrogens is 1. The first-order chi connectivity index (χ1) is 8.67. The highest BCUT2D eigenvalue weighted by atomic mass is 15.1. The van der Waals surface area contributed by atoms with Gasteiger partial charge in [0.2, 0.25) is 0 Å². The zero-order chi connectivity index (χ0) is 13.1. The van der Waals surface area contributed by atoms with Crippen LogP contribution in [0.4, 0.5) is 0 Å². The molecule has 1 aromatic carbocycles. The highest BCUT2D eigenvalue weighted by Crippen LogP contribution is 2.30. The lowest BCUT2D eigenvalue weighted by molar-refractivity contribution is 0.241. The molecule has 18 heavy (non-hydrogen) atoms. The van der Waals surface area contributed by atoms with E-state index in [0.717, 1.165) is 23.0 Å². The number of fused-ring (bicyclic) bond motifs is 1. The Balaban J connectivity index is 2.44. The lowest BCUT2D eigenvalue weighted by Crippen LogP contribution is -2.26. The second-order valence-corrected chi connectivity index (χ2v) is 4.73. The maximum Gasteiger partial charge on any atom is 0.0931 e. The smallest absolute Gasteiger partial charge is 0.0931 e. The van der Waals surface area contributed by atoms with Gasteiger partial charge in [-0.3, -0.25) is 0 Å². The van der Waals surface area contributed by atoms with Gasteiger partial charge in [0.1, 0.15) is 0 Å². The Labute approximate surface area is 107 Å². The minimum absolute atomic E-state index is 0.000344. The molecule has 0 bridgehead atoms. The standard InChI is InChI=1S/C14H18N4/c1-4-10(8-15)14(18(2)3)11-5-6-12-13(7-11)17-9-16-12/h5-7,9-10,14H,4H2,1-3H3,(H,16,17). The summed E-state index contributed by atoms with van der Waals surface area (Å²) in [6, 6.07) is 8.68. The molecule has 0 fully saturated rings. The lowest BCUT2D eigenvalue weighted by atomic mass is 9.91. The van der Waals surface area contributed by atoms with Crippen molar-refractivity contribution in [2.24, 2.45) is 5.92 Å². The van der Waals surface area contributed by atoms with Crippen LogP contribution < -0.4 is 0 Å². The SMILES string of the molecule is CCC(C#N)C(c1ccc2nc[nH]c2c1)N(C)C. The zero-order valence-corrected chi connectivity index (χ0v) is 11.0. The molecule has 2 atom stereocenters. The monoisotopic (exact) mass is 242 g/mol. The highest BCUT2D eigenvalue weighted by molar-refractivity contribution is 5.75. The molecule has 4 heteroatoms. The van der Waals surface area contributed by atoms with Crippen LogP contribution in [0.15, 0.2) is 24.5 Å². The molecule has 0 aliphatic rings. The maximum absolute atomic E-state index is 9.28. The molecule has 0 radical (unpaired) electrons. The summed E-state index contributed by atoms with van der Waals surface area (Å²) in [6.07, 6.45) is 2.54. The van der Waals surface area contributed by atoms with Gasteiger partial charge in [0.25, 0.3) is 0 Å². The van der Waals surface area contributed by atoms with Gasteiger partial charge in [-0.1, -0.05) is 13.0 Å². The van der Waals surface area contributed by atoms with Crippen molar-refractivity contribution in [3.8, 4) is 6.07 Å². The number of aromatic nitrogens is 2. The molecule has 1 aromatic heterocycles. The molecule has 1 N–H and O–H groups in total. The number of rotatable bonds is 4. The molecule has 2 aromatic rings. The van der Waals surface area contributed by atoms with Gasteiger partial charge in [-0.25, -0.2) is 4.98 Å². The molecule has 0 spiro atoms. The van der Waals surface area contributed by atoms with Crippen molar-refractivity contribution in [1.29, 1.82) is 5.26 Å². The average molecular weight is 242 g/mol. The lowest BCUT2D eigenvalue weighted by Gasteiger charge is -2.28. The van der Waals surface area contributed by atoms with E-state index in [1.807, 2.05) is 20.2 Å². The van der Waals surface area contributed by atoms with Gasteiger partial charge in [-0.05, 0) is 38.2 Å². The molecule has 0 aliphatic carbocycles. The van der Waals surface area contributed by atoms with Crippen LogP contribution >= 0.6 is 0 Å². The molecule has 1 heterocycles. The van der Waals surface area contributed by atoms with E-state index in [2.05, 4.69) is 40.0 Å². The van der Waals surface area contributed by atoms with E-state index in [4.69, 9.17) is 0 Å². The predicted octanol–water partition coefficient (Wildman–Crippen LogP) is 2.72. The highest BCUT2D eigenvalue weighted by Gasteiger charge is 2.24. The summed E-state index contributed by atoms with van der Waals surface area (Å²) in [7, 11) is 4.03. The summed E-state index contributed by atoms with van der Waals surface area (Å²) >= 11 is 0. The Morgan fingerprint density at radius 1 is 1.44 bits per heavy atom. The molecular weight excluding hydrogens is 224 g/mol. The van der Waals surface area contributed by atoms with Gasteiger partial charge < -0.3 is 9.88 Å². The first kappa shape index (κ1) is 12.6. The van der Waals surface area contributed by atoms with Crippen molar-refractivity contribution >= 4 is 11.0 Å². The molecule has 0 saturated heterocycles. The van der Waals surface area contributed by atoms with E-state index in [0.29, 0.717) is 0 Å². The molecular formula is C14H18N4. The second-order valence-electron chi connectivity index (χ2n) is 4.73. The maximum atomic E-state index is 9.28. The zero-order valence-electron chi connectivity index (χ0n) is 11.0. The van der Waals surface area contributed by atoms with Gasteiger partial charge in [0.15, 0.2) is 0 Å². The fourth-order valence-corrected chi connectivity index (χ4v) is 2.41. The predicted molar refractivity (Wildman–Crippen MR) is 71.9 cm³/mol. The summed E-state index contributed by atoms with van der Waals surface area (Å²) in [5.74, 6) is 0.000344. The van der Waals surface area contributed by atoms with Gasteiger partial charge in [0, 0.05) is 0 Å². The first-order valence-electron chi connectivity index (χ1n) is 6.16. The van der Waals surface area contributed by atoms with Gasteiger partial charge in [-0.2, -0.15) is 5.26 Å². The fraction of sp³-hybridized carbons (Fsp3) is 0.429. The van der Waals surface area contributed by atoms with E-state index in [1.54, 1.807) is 6.33 Å². The number of hydrogen-bond donors (Lipinski definition) is 1. The third kappa shape index (κ3) is 2.22. The van der Waals surface area contributed by atoms with E-state index in [-0.39, 0.29) is 12.0 Å². The quantitative estimate of drug-likeness (QED) is 0.896. The Bertz CT molecular complexity index is 564. The average Bonchev–Trinajstić information content (AvgIpc) is 2.82. The van der Waals surface area contributed by atoms with Crippen LogP contribution in [0.5, 0.6) is 0 Å². The summed E-state index contributed by atoms with van der Waals surface area (Å²) in [5.41, 5.74) is 3.14. The first-order valence-corrected chi connectivity index (χ1v) is 6.16. The van der Waals surface area contributed by atoms with Crippen LogP contribution in [0.1, 0.15) is 24.9 Å². The van der Waals surface area contributed by atoms with Crippen LogP contribution in [0.25, 0.3) is 11.0 Å². The number of nitriles is 1. The van der Waals surface area contributed by atoms with Crippen LogP contribution in [0.3, 0.4) is 0 Å². The van der Waals surface area contributed by atoms with Gasteiger partial charge >= 0.3 is 0 Å². The number of aromatic amines is 1. The summed E-state index contributed by atoms with van der Waals surface area (Å²) in [4.78, 5) is 9.44. The van der Waals surface area contributed by atoms with Crippen molar-refractivity contribution in [3.63, 3.8) is 0 Å².